The van der Waals surface area contributed by atoms with E-state index in [9.17, 15) is 33.5 Å². The fraction of sp³-hybridized carbons (Fsp3) is 0.583. The summed E-state index contributed by atoms with van der Waals surface area (Å²) < 4.78 is 29.6. The highest BCUT2D eigenvalue weighted by Gasteiger charge is 2.61. The molecule has 1 aromatic carbocycles. The van der Waals surface area contributed by atoms with E-state index < -0.39 is 60.2 Å². The summed E-state index contributed by atoms with van der Waals surface area (Å²) in [6.07, 6.45) is -0.419. The van der Waals surface area contributed by atoms with Gasteiger partial charge < -0.3 is 20.6 Å². The second-order valence-corrected chi connectivity index (χ2v) is 9.36. The van der Waals surface area contributed by atoms with E-state index in [-0.39, 0.29) is 18.7 Å². The number of hydrogen-bond acceptors (Lipinski definition) is 5. The van der Waals surface area contributed by atoms with Crippen LogP contribution in [0.3, 0.4) is 0 Å². The number of aliphatic hydroxyl groups is 1. The normalized spacial score (nSPS) is 29.5. The lowest BCUT2D eigenvalue weighted by Gasteiger charge is -2.54. The number of benzene rings is 1. The lowest BCUT2D eigenvalue weighted by atomic mass is 9.71. The van der Waals surface area contributed by atoms with Gasteiger partial charge in [0, 0.05) is 24.9 Å². The molecular weight excluding hydrogens is 446 g/mol. The lowest BCUT2D eigenvalue weighted by Crippen LogP contribution is -2.69. The van der Waals surface area contributed by atoms with Crippen molar-refractivity contribution in [1.29, 1.82) is 5.26 Å². The molecule has 1 aliphatic carbocycles. The highest BCUT2D eigenvalue weighted by Crippen LogP contribution is 2.49. The van der Waals surface area contributed by atoms with E-state index in [0.29, 0.717) is 24.9 Å². The van der Waals surface area contributed by atoms with Gasteiger partial charge in [-0.25, -0.2) is 8.78 Å². The molecule has 3 saturated heterocycles. The molecule has 0 spiro atoms. The van der Waals surface area contributed by atoms with Gasteiger partial charge in [-0.3, -0.25) is 14.4 Å². The molecule has 4 aliphatic rings. The van der Waals surface area contributed by atoms with Crippen LogP contribution in [0, 0.1) is 23.2 Å². The third kappa shape index (κ3) is 4.62. The van der Waals surface area contributed by atoms with Crippen molar-refractivity contribution in [3.8, 4) is 6.07 Å². The molecule has 10 heteroatoms. The van der Waals surface area contributed by atoms with Gasteiger partial charge >= 0.3 is 0 Å². The second kappa shape index (κ2) is 9.66. The fourth-order valence-corrected chi connectivity index (χ4v) is 5.49. The van der Waals surface area contributed by atoms with Gasteiger partial charge in [-0.1, -0.05) is 30.3 Å². The zero-order chi connectivity index (χ0) is 24.5. The van der Waals surface area contributed by atoms with Gasteiger partial charge in [0.1, 0.15) is 12.1 Å². The number of amides is 3. The van der Waals surface area contributed by atoms with Crippen LogP contribution in [0.4, 0.5) is 8.78 Å². The van der Waals surface area contributed by atoms with E-state index in [1.54, 1.807) is 30.3 Å². The van der Waals surface area contributed by atoms with Gasteiger partial charge in [-0.05, 0) is 37.7 Å². The van der Waals surface area contributed by atoms with E-state index >= 15 is 0 Å². The maximum atomic E-state index is 14.8. The maximum Gasteiger partial charge on any atom is 0.256 e. The average Bonchev–Trinajstić information content (AvgIpc) is 2.83. The van der Waals surface area contributed by atoms with Crippen LogP contribution >= 0.6 is 0 Å². The third-order valence-corrected chi connectivity index (χ3v) is 7.20. The first-order valence-electron chi connectivity index (χ1n) is 11.6. The number of nitrogens with one attached hydrogen (secondary N) is 2. The Morgan fingerprint density at radius 3 is 2.65 bits per heavy atom. The predicted molar refractivity (Wildman–Crippen MR) is 116 cm³/mol. The highest BCUT2D eigenvalue weighted by atomic mass is 19.3. The van der Waals surface area contributed by atoms with Crippen molar-refractivity contribution in [2.45, 2.75) is 68.7 Å². The molecule has 0 aromatic heterocycles. The van der Waals surface area contributed by atoms with Crippen LogP contribution in [0.2, 0.25) is 0 Å². The first kappa shape index (κ1) is 24.1. The lowest BCUT2D eigenvalue weighted by molar-refractivity contribution is -0.198. The van der Waals surface area contributed by atoms with Crippen molar-refractivity contribution in [3.63, 3.8) is 0 Å². The van der Waals surface area contributed by atoms with E-state index in [1.807, 2.05) is 6.07 Å². The van der Waals surface area contributed by atoms with Crippen LogP contribution in [0.5, 0.6) is 0 Å². The van der Waals surface area contributed by atoms with Crippen molar-refractivity contribution < 1.29 is 28.3 Å². The summed E-state index contributed by atoms with van der Waals surface area (Å²) in [4.78, 5) is 39.7. The molecule has 8 nitrogen and oxygen atoms in total. The van der Waals surface area contributed by atoms with Crippen LogP contribution in [-0.4, -0.2) is 58.3 Å². The number of aliphatic hydroxyl groups excluding tert-OH is 1. The van der Waals surface area contributed by atoms with Gasteiger partial charge in [0.15, 0.2) is 6.10 Å². The zero-order valence-electron chi connectivity index (χ0n) is 18.6. The quantitative estimate of drug-likeness (QED) is 0.579. The number of carbonyl (C=O) groups excluding carboxylic acids is 3. The van der Waals surface area contributed by atoms with Crippen LogP contribution in [0.15, 0.2) is 30.3 Å². The molecule has 3 aliphatic heterocycles. The van der Waals surface area contributed by atoms with Crippen molar-refractivity contribution in [2.24, 2.45) is 11.8 Å². The molecular formula is C24H28F2N4O4. The molecule has 3 heterocycles. The molecule has 1 saturated carbocycles. The van der Waals surface area contributed by atoms with Crippen molar-refractivity contribution in [2.75, 3.05) is 6.54 Å². The molecule has 2 bridgehead atoms. The van der Waals surface area contributed by atoms with E-state index in [0.717, 1.165) is 11.3 Å². The topological polar surface area (TPSA) is 123 Å². The minimum Gasteiger partial charge on any atom is -0.378 e. The molecule has 5 rings (SSSR count). The van der Waals surface area contributed by atoms with Gasteiger partial charge in [-0.2, -0.15) is 5.26 Å². The molecule has 6 atom stereocenters. The molecule has 0 unspecified atom stereocenters. The molecule has 182 valence electrons. The van der Waals surface area contributed by atoms with Crippen molar-refractivity contribution in [1.82, 2.24) is 15.5 Å². The summed E-state index contributed by atoms with van der Waals surface area (Å²) in [6.45, 7) is 0.556. The van der Waals surface area contributed by atoms with Gasteiger partial charge in [-0.15, -0.1) is 0 Å². The van der Waals surface area contributed by atoms with E-state index in [1.165, 1.54) is 0 Å². The van der Waals surface area contributed by atoms with E-state index in [4.69, 9.17) is 0 Å². The standard InChI is InChI=1S/C24H28F2N4O4/c25-24(26)12-17-8-9-18(24)19(30(17)23(34)20(31)14-5-2-1-3-6-14)22(33)29-16(13-27)11-15-7-4-10-28-21(15)32/h1-3,5-6,15-20,31H,4,7-12H2,(H,28,32)(H,29,33)/t15-,16-,17+,18+,19-,20-/m1/s1. The maximum absolute atomic E-state index is 14.8. The predicted octanol–water partition coefficient (Wildman–Crippen LogP) is 1.66. The zero-order valence-corrected chi connectivity index (χ0v) is 18.6. The molecule has 3 N–H and O–H groups in total. The Labute approximate surface area is 196 Å². The SMILES string of the molecule is N#C[C@@H](C[C@H]1CCCNC1=O)NC(=O)[C@H]1[C@@H]2CC[C@@H](CC2(F)F)N1C(=O)[C@H](O)c1ccccc1. The Morgan fingerprint density at radius 2 is 2.00 bits per heavy atom. The van der Waals surface area contributed by atoms with Crippen LogP contribution in [0.25, 0.3) is 0 Å². The summed E-state index contributed by atoms with van der Waals surface area (Å²) in [5.74, 6) is -6.89. The Bertz CT molecular complexity index is 983. The van der Waals surface area contributed by atoms with Crippen LogP contribution < -0.4 is 10.6 Å². The second-order valence-electron chi connectivity index (χ2n) is 9.36. The highest BCUT2D eigenvalue weighted by molar-refractivity contribution is 5.91. The Balaban J connectivity index is 1.56. The Kier molecular flexibility index (Phi) is 6.84. The number of alkyl halides is 2. The summed E-state index contributed by atoms with van der Waals surface area (Å²) in [6, 6.07) is 6.58. The minimum absolute atomic E-state index is 0.0587. The van der Waals surface area contributed by atoms with Gasteiger partial charge in [0.25, 0.3) is 11.8 Å². The minimum atomic E-state index is -3.15. The number of fused-ring (bicyclic) bond motifs is 3. The summed E-state index contributed by atoms with van der Waals surface area (Å²) in [5, 5.41) is 25.5. The number of hydrogen-bond donors (Lipinski definition) is 3. The number of nitriles is 1. The molecule has 3 amide bonds. The molecule has 4 fully saturated rings. The monoisotopic (exact) mass is 474 g/mol. The number of nitrogens with zero attached hydrogens (tertiary/aromatic N) is 2. The van der Waals surface area contributed by atoms with Crippen molar-refractivity contribution >= 4 is 17.7 Å². The summed E-state index contributed by atoms with van der Waals surface area (Å²) in [5.41, 5.74) is 0.304. The van der Waals surface area contributed by atoms with Gasteiger partial charge in [0.2, 0.25) is 11.8 Å². The number of carbonyl (C=O) groups is 3. The van der Waals surface area contributed by atoms with Crippen molar-refractivity contribution in [3.05, 3.63) is 35.9 Å². The Morgan fingerprint density at radius 1 is 1.26 bits per heavy atom. The molecule has 1 aromatic rings. The largest absolute Gasteiger partial charge is 0.378 e. The van der Waals surface area contributed by atoms with Gasteiger partial charge in [0.05, 0.1) is 12.0 Å². The average molecular weight is 475 g/mol. The first-order chi connectivity index (χ1) is 16.2. The fourth-order valence-electron chi connectivity index (χ4n) is 5.49. The smallest absolute Gasteiger partial charge is 0.256 e. The number of rotatable bonds is 6. The van der Waals surface area contributed by atoms with Crippen LogP contribution in [-0.2, 0) is 14.4 Å². The summed E-state index contributed by atoms with van der Waals surface area (Å²) in [7, 11) is 0. The van der Waals surface area contributed by atoms with E-state index in [2.05, 4.69) is 10.6 Å². The Hall–Kier alpha value is -3.06. The summed E-state index contributed by atoms with van der Waals surface area (Å²) >= 11 is 0. The molecule has 0 radical (unpaired) electrons. The first-order valence-corrected chi connectivity index (χ1v) is 11.6. The molecule has 34 heavy (non-hydrogen) atoms. The number of halogens is 2. The number of piperidine rings is 3. The third-order valence-electron chi connectivity index (χ3n) is 7.20. The van der Waals surface area contributed by atoms with Crippen LogP contribution in [0.1, 0.15) is 50.2 Å².